The first-order chi connectivity index (χ1) is 5.43. The zero-order valence-electron chi connectivity index (χ0n) is 6.71. The Bertz CT molecular complexity index is 186. The van der Waals surface area contributed by atoms with Gasteiger partial charge in [-0.3, -0.25) is 0 Å². The van der Waals surface area contributed by atoms with Crippen LogP contribution in [-0.4, -0.2) is 16.4 Å². The molecule has 0 aromatic heterocycles. The second-order valence-electron chi connectivity index (χ2n) is 2.32. The number of hydrogen-bond acceptors (Lipinski definition) is 1. The smallest absolute Gasteiger partial charge is 0.268 e. The Kier molecular flexibility index (Phi) is 3.94. The highest BCUT2D eigenvalue weighted by molar-refractivity contribution is 6.46. The van der Waals surface area contributed by atoms with Crippen LogP contribution in [0.15, 0.2) is 30.3 Å². The fourth-order valence-corrected chi connectivity index (χ4v) is 1.54. The third kappa shape index (κ3) is 3.35. The van der Waals surface area contributed by atoms with E-state index in [1.165, 1.54) is 5.19 Å². The minimum absolute atomic E-state index is 0.511. The standard InChI is InChI=1S/C9H12OSi/c1-2-8-10-11-9-6-4-3-5-7-9/h3-7H,2,8H2,1H3. The van der Waals surface area contributed by atoms with Crippen molar-refractivity contribution in [3.05, 3.63) is 30.3 Å². The first-order valence-electron chi connectivity index (χ1n) is 3.86. The molecule has 0 bridgehead atoms. The van der Waals surface area contributed by atoms with Crippen LogP contribution in [0.25, 0.3) is 0 Å². The Labute approximate surface area is 70.3 Å². The van der Waals surface area contributed by atoms with Gasteiger partial charge in [0.2, 0.25) is 0 Å². The lowest BCUT2D eigenvalue weighted by molar-refractivity contribution is 0.341. The largest absolute Gasteiger partial charge is 0.411 e. The maximum atomic E-state index is 5.40. The van der Waals surface area contributed by atoms with Crippen molar-refractivity contribution in [2.24, 2.45) is 0 Å². The minimum atomic E-state index is 0.511. The van der Waals surface area contributed by atoms with Gasteiger partial charge in [-0.15, -0.1) is 0 Å². The molecule has 0 unspecified atom stereocenters. The summed E-state index contributed by atoms with van der Waals surface area (Å²) in [5.74, 6) is 0. The lowest BCUT2D eigenvalue weighted by Crippen LogP contribution is -2.16. The highest BCUT2D eigenvalue weighted by Crippen LogP contribution is 1.83. The summed E-state index contributed by atoms with van der Waals surface area (Å²) >= 11 is 0. The number of rotatable bonds is 4. The molecule has 0 N–H and O–H groups in total. The Morgan fingerprint density at radius 2 is 2.00 bits per heavy atom. The van der Waals surface area contributed by atoms with Gasteiger partial charge in [0, 0.05) is 6.61 Å². The molecule has 0 spiro atoms. The van der Waals surface area contributed by atoms with E-state index < -0.39 is 0 Å². The molecule has 1 rings (SSSR count). The van der Waals surface area contributed by atoms with Crippen molar-refractivity contribution >= 4 is 14.9 Å². The van der Waals surface area contributed by atoms with Crippen LogP contribution in [-0.2, 0) is 4.43 Å². The van der Waals surface area contributed by atoms with Gasteiger partial charge < -0.3 is 4.43 Å². The van der Waals surface area contributed by atoms with Crippen LogP contribution in [0.1, 0.15) is 13.3 Å². The third-order valence-corrected chi connectivity index (χ3v) is 2.19. The van der Waals surface area contributed by atoms with Gasteiger partial charge in [-0.1, -0.05) is 37.3 Å². The maximum absolute atomic E-state index is 5.40. The molecule has 0 aliphatic heterocycles. The first-order valence-corrected chi connectivity index (χ1v) is 4.77. The third-order valence-electron chi connectivity index (χ3n) is 1.27. The van der Waals surface area contributed by atoms with Crippen molar-refractivity contribution < 1.29 is 4.43 Å². The fourth-order valence-electron chi connectivity index (χ4n) is 0.743. The van der Waals surface area contributed by atoms with Gasteiger partial charge in [-0.2, -0.15) is 0 Å². The second kappa shape index (κ2) is 5.10. The second-order valence-corrected chi connectivity index (χ2v) is 3.39. The highest BCUT2D eigenvalue weighted by Gasteiger charge is 1.92. The Balaban J connectivity index is 2.28. The van der Waals surface area contributed by atoms with Crippen molar-refractivity contribution in [2.45, 2.75) is 13.3 Å². The van der Waals surface area contributed by atoms with Crippen molar-refractivity contribution in [1.82, 2.24) is 0 Å². The maximum Gasteiger partial charge on any atom is 0.268 e. The molecule has 0 saturated heterocycles. The summed E-state index contributed by atoms with van der Waals surface area (Å²) in [5.41, 5.74) is 0. The summed E-state index contributed by atoms with van der Waals surface area (Å²) in [6, 6.07) is 10.3. The number of benzene rings is 1. The lowest BCUT2D eigenvalue weighted by Gasteiger charge is -1.98. The van der Waals surface area contributed by atoms with Gasteiger partial charge in [-0.05, 0) is 11.6 Å². The van der Waals surface area contributed by atoms with E-state index >= 15 is 0 Å². The average Bonchev–Trinajstić information content (AvgIpc) is 2.07. The molecule has 0 heterocycles. The van der Waals surface area contributed by atoms with Crippen molar-refractivity contribution in [3.8, 4) is 0 Å². The summed E-state index contributed by atoms with van der Waals surface area (Å²) < 4.78 is 5.40. The fraction of sp³-hybridized carbons (Fsp3) is 0.333. The molecule has 1 nitrogen and oxygen atoms in total. The zero-order chi connectivity index (χ0) is 7.94. The molecule has 0 aliphatic rings. The Morgan fingerprint density at radius 1 is 1.27 bits per heavy atom. The van der Waals surface area contributed by atoms with Crippen LogP contribution >= 0.6 is 0 Å². The summed E-state index contributed by atoms with van der Waals surface area (Å²) in [7, 11) is 0.511. The molecule has 1 aromatic rings. The van der Waals surface area contributed by atoms with Gasteiger partial charge >= 0.3 is 0 Å². The van der Waals surface area contributed by atoms with E-state index in [1.54, 1.807) is 0 Å². The van der Waals surface area contributed by atoms with Crippen LogP contribution in [0.4, 0.5) is 0 Å². The molecule has 0 aliphatic carbocycles. The summed E-state index contributed by atoms with van der Waals surface area (Å²) in [5, 5.41) is 1.28. The van der Waals surface area contributed by atoms with E-state index in [0.717, 1.165) is 13.0 Å². The molecule has 2 radical (unpaired) electrons. The van der Waals surface area contributed by atoms with Gasteiger partial charge in [0.1, 0.15) is 0 Å². The summed E-state index contributed by atoms with van der Waals surface area (Å²) in [4.78, 5) is 0. The van der Waals surface area contributed by atoms with E-state index in [1.807, 2.05) is 18.2 Å². The quantitative estimate of drug-likeness (QED) is 0.482. The predicted molar refractivity (Wildman–Crippen MR) is 48.1 cm³/mol. The van der Waals surface area contributed by atoms with Crippen LogP contribution in [0.5, 0.6) is 0 Å². The van der Waals surface area contributed by atoms with E-state index in [4.69, 9.17) is 4.43 Å². The summed E-state index contributed by atoms with van der Waals surface area (Å²) in [6.45, 7) is 2.99. The molecule has 0 saturated carbocycles. The molecule has 0 atom stereocenters. The van der Waals surface area contributed by atoms with Crippen LogP contribution in [0, 0.1) is 0 Å². The lowest BCUT2D eigenvalue weighted by atomic mass is 10.4. The molecule has 1 aromatic carbocycles. The van der Waals surface area contributed by atoms with Gasteiger partial charge in [0.15, 0.2) is 0 Å². The van der Waals surface area contributed by atoms with Gasteiger partial charge in [0.25, 0.3) is 9.76 Å². The van der Waals surface area contributed by atoms with E-state index in [2.05, 4.69) is 19.1 Å². The zero-order valence-corrected chi connectivity index (χ0v) is 7.71. The monoisotopic (exact) mass is 164 g/mol. The Hall–Kier alpha value is -0.603. The Morgan fingerprint density at radius 3 is 2.64 bits per heavy atom. The molecule has 11 heavy (non-hydrogen) atoms. The minimum Gasteiger partial charge on any atom is -0.411 e. The number of hydrogen-bond donors (Lipinski definition) is 0. The van der Waals surface area contributed by atoms with Gasteiger partial charge in [-0.25, -0.2) is 0 Å². The molecular formula is C9H12OSi. The predicted octanol–water partition coefficient (Wildman–Crippen LogP) is 1.36. The van der Waals surface area contributed by atoms with Crippen molar-refractivity contribution in [3.63, 3.8) is 0 Å². The van der Waals surface area contributed by atoms with E-state index in [-0.39, 0.29) is 0 Å². The molecule has 0 amide bonds. The summed E-state index contributed by atoms with van der Waals surface area (Å²) in [6.07, 6.45) is 1.10. The molecule has 58 valence electrons. The molecule has 2 heteroatoms. The van der Waals surface area contributed by atoms with Gasteiger partial charge in [0.05, 0.1) is 0 Å². The van der Waals surface area contributed by atoms with Crippen molar-refractivity contribution in [2.75, 3.05) is 6.61 Å². The van der Waals surface area contributed by atoms with Crippen molar-refractivity contribution in [1.29, 1.82) is 0 Å². The van der Waals surface area contributed by atoms with Crippen LogP contribution in [0.2, 0.25) is 0 Å². The topological polar surface area (TPSA) is 9.23 Å². The SMILES string of the molecule is CCCO[Si]c1ccccc1. The molecular weight excluding hydrogens is 152 g/mol. The highest BCUT2D eigenvalue weighted by atomic mass is 28.2. The van der Waals surface area contributed by atoms with Crippen LogP contribution in [0.3, 0.4) is 0 Å². The first kappa shape index (κ1) is 8.49. The van der Waals surface area contributed by atoms with E-state index in [0.29, 0.717) is 9.76 Å². The average molecular weight is 164 g/mol. The molecule has 0 fully saturated rings. The normalized spacial score (nSPS) is 9.91. The van der Waals surface area contributed by atoms with Crippen LogP contribution < -0.4 is 5.19 Å². The van der Waals surface area contributed by atoms with E-state index in [9.17, 15) is 0 Å².